The first kappa shape index (κ1) is 15.2. The molecule has 0 spiro atoms. The van der Waals surface area contributed by atoms with Crippen molar-refractivity contribution in [2.24, 2.45) is 10.8 Å². The molecule has 0 rings (SSSR count). The summed E-state index contributed by atoms with van der Waals surface area (Å²) in [5, 5.41) is 0. The van der Waals surface area contributed by atoms with Crippen LogP contribution in [0.15, 0.2) is 4.99 Å². The standard InChI is InChI=1S/C11H26N4O/c1-5-15(10(3)4)11(14-12)13-8-7-9-16-6-2/h10H,5-9,12H2,1-4H3,(H,13,14). The molecule has 5 heteroatoms. The summed E-state index contributed by atoms with van der Waals surface area (Å²) in [4.78, 5) is 6.56. The van der Waals surface area contributed by atoms with Gasteiger partial charge in [0.1, 0.15) is 0 Å². The van der Waals surface area contributed by atoms with Crippen molar-refractivity contribution in [3.8, 4) is 0 Å². The smallest absolute Gasteiger partial charge is 0.208 e. The number of rotatable bonds is 7. The quantitative estimate of drug-likeness (QED) is 0.225. The lowest BCUT2D eigenvalue weighted by Crippen LogP contribution is -2.48. The van der Waals surface area contributed by atoms with Crippen molar-refractivity contribution in [2.75, 3.05) is 26.3 Å². The Morgan fingerprint density at radius 1 is 1.44 bits per heavy atom. The largest absolute Gasteiger partial charge is 0.382 e. The van der Waals surface area contributed by atoms with Crippen molar-refractivity contribution in [1.29, 1.82) is 0 Å². The maximum atomic E-state index is 5.47. The maximum absolute atomic E-state index is 5.47. The van der Waals surface area contributed by atoms with Crippen LogP contribution in [0.25, 0.3) is 0 Å². The number of guanidine groups is 1. The highest BCUT2D eigenvalue weighted by molar-refractivity contribution is 5.79. The highest BCUT2D eigenvalue weighted by Crippen LogP contribution is 1.98. The van der Waals surface area contributed by atoms with Gasteiger partial charge in [0, 0.05) is 32.3 Å². The zero-order chi connectivity index (χ0) is 12.4. The van der Waals surface area contributed by atoms with Crippen molar-refractivity contribution >= 4 is 5.96 Å². The minimum Gasteiger partial charge on any atom is -0.382 e. The van der Waals surface area contributed by atoms with Crippen molar-refractivity contribution in [2.45, 2.75) is 40.2 Å². The summed E-state index contributed by atoms with van der Waals surface area (Å²) in [5.74, 6) is 6.23. The lowest BCUT2D eigenvalue weighted by atomic mass is 10.3. The van der Waals surface area contributed by atoms with Gasteiger partial charge < -0.3 is 9.64 Å². The average Bonchev–Trinajstić information content (AvgIpc) is 2.26. The van der Waals surface area contributed by atoms with Gasteiger partial charge in [-0.2, -0.15) is 0 Å². The third-order valence-corrected chi connectivity index (χ3v) is 2.28. The van der Waals surface area contributed by atoms with Crippen LogP contribution in [0, 0.1) is 0 Å². The van der Waals surface area contributed by atoms with Gasteiger partial charge in [0.15, 0.2) is 0 Å². The molecule has 0 bridgehead atoms. The molecule has 0 unspecified atom stereocenters. The van der Waals surface area contributed by atoms with E-state index >= 15 is 0 Å². The van der Waals surface area contributed by atoms with E-state index in [9.17, 15) is 0 Å². The van der Waals surface area contributed by atoms with Crippen LogP contribution in [0.1, 0.15) is 34.1 Å². The molecule has 0 aromatic heterocycles. The average molecular weight is 230 g/mol. The number of nitrogens with one attached hydrogen (secondary N) is 1. The SMILES string of the molecule is CCOCCCN=C(NN)N(CC)C(C)C. The van der Waals surface area contributed by atoms with E-state index in [2.05, 4.69) is 36.1 Å². The molecule has 3 N–H and O–H groups in total. The Morgan fingerprint density at radius 2 is 2.12 bits per heavy atom. The molecule has 0 aromatic rings. The van der Waals surface area contributed by atoms with Gasteiger partial charge in [-0.05, 0) is 34.1 Å². The first-order valence-corrected chi connectivity index (χ1v) is 6.02. The van der Waals surface area contributed by atoms with E-state index < -0.39 is 0 Å². The Morgan fingerprint density at radius 3 is 2.56 bits per heavy atom. The van der Waals surface area contributed by atoms with E-state index in [-0.39, 0.29) is 0 Å². The fraction of sp³-hybridized carbons (Fsp3) is 0.909. The topological polar surface area (TPSA) is 62.9 Å². The zero-order valence-corrected chi connectivity index (χ0v) is 11.0. The first-order chi connectivity index (χ1) is 7.67. The molecule has 0 amide bonds. The molecule has 0 saturated carbocycles. The van der Waals surface area contributed by atoms with Crippen LogP contribution in [-0.2, 0) is 4.74 Å². The van der Waals surface area contributed by atoms with Crippen LogP contribution in [0.5, 0.6) is 0 Å². The van der Waals surface area contributed by atoms with E-state index in [1.165, 1.54) is 0 Å². The van der Waals surface area contributed by atoms with E-state index in [0.717, 1.165) is 38.7 Å². The van der Waals surface area contributed by atoms with Crippen LogP contribution in [0.4, 0.5) is 0 Å². The van der Waals surface area contributed by atoms with Crippen LogP contribution in [-0.4, -0.2) is 43.2 Å². The molecule has 0 aliphatic carbocycles. The molecule has 5 nitrogen and oxygen atoms in total. The van der Waals surface area contributed by atoms with Gasteiger partial charge in [0.05, 0.1) is 0 Å². The number of hydrazine groups is 1. The summed E-state index contributed by atoms with van der Waals surface area (Å²) < 4.78 is 5.25. The molecule has 0 atom stereocenters. The summed E-state index contributed by atoms with van der Waals surface area (Å²) in [6.07, 6.45) is 0.925. The Labute approximate surface area is 99.0 Å². The third kappa shape index (κ3) is 5.92. The van der Waals surface area contributed by atoms with Crippen molar-refractivity contribution in [3.63, 3.8) is 0 Å². The second-order valence-corrected chi connectivity index (χ2v) is 3.78. The van der Waals surface area contributed by atoms with Gasteiger partial charge in [-0.15, -0.1) is 0 Å². The lowest BCUT2D eigenvalue weighted by Gasteiger charge is -2.27. The monoisotopic (exact) mass is 230 g/mol. The molecular weight excluding hydrogens is 204 g/mol. The Hall–Kier alpha value is -0.810. The number of nitrogens with zero attached hydrogens (tertiary/aromatic N) is 2. The predicted octanol–water partition coefficient (Wildman–Crippen LogP) is 0.963. The Bertz CT molecular complexity index is 194. The van der Waals surface area contributed by atoms with Crippen LogP contribution in [0.2, 0.25) is 0 Å². The molecule has 16 heavy (non-hydrogen) atoms. The maximum Gasteiger partial charge on any atom is 0.208 e. The van der Waals surface area contributed by atoms with Crippen molar-refractivity contribution in [3.05, 3.63) is 0 Å². The van der Waals surface area contributed by atoms with Gasteiger partial charge in [-0.25, -0.2) is 5.84 Å². The van der Waals surface area contributed by atoms with Gasteiger partial charge >= 0.3 is 0 Å². The first-order valence-electron chi connectivity index (χ1n) is 6.02. The molecule has 96 valence electrons. The van der Waals surface area contributed by atoms with Crippen molar-refractivity contribution in [1.82, 2.24) is 10.3 Å². The molecule has 0 aromatic carbocycles. The fourth-order valence-electron chi connectivity index (χ4n) is 1.47. The fourth-order valence-corrected chi connectivity index (χ4v) is 1.47. The molecule has 0 radical (unpaired) electrons. The Kier molecular flexibility index (Phi) is 8.94. The minimum atomic E-state index is 0.395. The van der Waals surface area contributed by atoms with Crippen molar-refractivity contribution < 1.29 is 4.74 Å². The summed E-state index contributed by atoms with van der Waals surface area (Å²) >= 11 is 0. The van der Waals surface area contributed by atoms with Gasteiger partial charge in [-0.1, -0.05) is 0 Å². The third-order valence-electron chi connectivity index (χ3n) is 2.28. The summed E-state index contributed by atoms with van der Waals surface area (Å²) in [5.41, 5.74) is 2.66. The van der Waals surface area contributed by atoms with Crippen LogP contribution >= 0.6 is 0 Å². The van der Waals surface area contributed by atoms with Gasteiger partial charge in [0.25, 0.3) is 0 Å². The number of hydrogen-bond donors (Lipinski definition) is 2. The highest BCUT2D eigenvalue weighted by atomic mass is 16.5. The number of ether oxygens (including phenoxy) is 1. The second kappa shape index (κ2) is 9.42. The number of hydrogen-bond acceptors (Lipinski definition) is 3. The molecule has 0 heterocycles. The van der Waals surface area contributed by atoms with E-state index in [0.29, 0.717) is 6.04 Å². The van der Waals surface area contributed by atoms with E-state index in [1.54, 1.807) is 0 Å². The molecule has 0 aliphatic rings. The summed E-state index contributed by atoms with van der Waals surface area (Å²) in [7, 11) is 0. The van der Waals surface area contributed by atoms with E-state index in [4.69, 9.17) is 10.6 Å². The minimum absolute atomic E-state index is 0.395. The van der Waals surface area contributed by atoms with Crippen LogP contribution < -0.4 is 11.3 Å². The number of aliphatic imine (C=N–C) groups is 1. The molecule has 0 aliphatic heterocycles. The lowest BCUT2D eigenvalue weighted by molar-refractivity contribution is 0.146. The van der Waals surface area contributed by atoms with E-state index in [1.807, 2.05) is 6.92 Å². The van der Waals surface area contributed by atoms with Gasteiger partial charge in [0.2, 0.25) is 5.96 Å². The second-order valence-electron chi connectivity index (χ2n) is 3.78. The summed E-state index contributed by atoms with van der Waals surface area (Å²) in [6.45, 7) is 11.5. The normalized spacial score (nSPS) is 12.0. The molecule has 0 fully saturated rings. The Balaban J connectivity index is 4.08. The number of nitrogens with two attached hydrogens (primary N) is 1. The van der Waals surface area contributed by atoms with Crippen LogP contribution in [0.3, 0.4) is 0 Å². The highest BCUT2D eigenvalue weighted by Gasteiger charge is 2.10. The summed E-state index contributed by atoms with van der Waals surface area (Å²) in [6, 6.07) is 0.395. The predicted molar refractivity (Wildman–Crippen MR) is 68.3 cm³/mol. The zero-order valence-electron chi connectivity index (χ0n) is 11.0. The molecular formula is C11H26N4O. The van der Waals surface area contributed by atoms with Gasteiger partial charge in [-0.3, -0.25) is 10.4 Å². The molecule has 0 saturated heterocycles.